The van der Waals surface area contributed by atoms with E-state index in [4.69, 9.17) is 39.9 Å². The van der Waals surface area contributed by atoms with Crippen molar-refractivity contribution in [3.8, 4) is 5.69 Å². The van der Waals surface area contributed by atoms with Crippen LogP contribution in [0.15, 0.2) is 30.5 Å². The summed E-state index contributed by atoms with van der Waals surface area (Å²) >= 11 is 17.7. The van der Waals surface area contributed by atoms with Crippen LogP contribution in [0, 0.1) is 0 Å². The molecular formula is C11H6Cl3NO2. The molecule has 0 fully saturated rings. The molecule has 0 spiro atoms. The normalized spacial score (nSPS) is 10.5. The minimum absolute atomic E-state index is 0.102. The van der Waals surface area contributed by atoms with Crippen LogP contribution >= 0.6 is 34.8 Å². The van der Waals surface area contributed by atoms with Gasteiger partial charge in [-0.3, -0.25) is 0 Å². The fraction of sp³-hybridized carbons (Fsp3) is 0. The van der Waals surface area contributed by atoms with Crippen LogP contribution in [-0.4, -0.2) is 15.6 Å². The highest BCUT2D eigenvalue weighted by Crippen LogP contribution is 2.31. The van der Waals surface area contributed by atoms with E-state index < -0.39 is 5.97 Å². The third-order valence-electron chi connectivity index (χ3n) is 2.22. The van der Waals surface area contributed by atoms with E-state index in [1.54, 1.807) is 12.3 Å². The molecule has 0 atom stereocenters. The van der Waals surface area contributed by atoms with Gasteiger partial charge in [0.2, 0.25) is 0 Å². The van der Waals surface area contributed by atoms with E-state index in [1.165, 1.54) is 22.8 Å². The Balaban J connectivity index is 2.64. The van der Waals surface area contributed by atoms with E-state index in [1.807, 2.05) is 0 Å². The second-order valence-corrected chi connectivity index (χ2v) is 4.51. The van der Waals surface area contributed by atoms with Gasteiger partial charge in [-0.05, 0) is 24.3 Å². The Morgan fingerprint density at radius 2 is 1.76 bits per heavy atom. The van der Waals surface area contributed by atoms with Gasteiger partial charge in [-0.2, -0.15) is 0 Å². The molecule has 0 aliphatic rings. The molecule has 0 bridgehead atoms. The summed E-state index contributed by atoms with van der Waals surface area (Å²) in [4.78, 5) is 11.0. The first-order valence-electron chi connectivity index (χ1n) is 4.56. The van der Waals surface area contributed by atoms with Crippen molar-refractivity contribution in [2.75, 3.05) is 0 Å². The maximum Gasteiger partial charge on any atom is 0.352 e. The number of carbonyl (C=O) groups is 1. The van der Waals surface area contributed by atoms with Crippen LogP contribution in [0.5, 0.6) is 0 Å². The van der Waals surface area contributed by atoms with E-state index in [9.17, 15) is 4.79 Å². The highest BCUT2D eigenvalue weighted by molar-refractivity contribution is 6.43. The van der Waals surface area contributed by atoms with Crippen LogP contribution in [-0.2, 0) is 0 Å². The van der Waals surface area contributed by atoms with E-state index >= 15 is 0 Å². The molecule has 0 aliphatic heterocycles. The number of nitrogens with zero attached hydrogens (tertiary/aromatic N) is 1. The standard InChI is InChI=1S/C11H6Cl3NO2/c12-6-4-8(14)10(5-7(6)13)15-3-1-2-9(15)11(16)17/h1-5H,(H,16,17). The highest BCUT2D eigenvalue weighted by Gasteiger charge is 2.14. The van der Waals surface area contributed by atoms with Gasteiger partial charge in [0.25, 0.3) is 0 Å². The van der Waals surface area contributed by atoms with Gasteiger partial charge in [0.15, 0.2) is 0 Å². The molecule has 2 aromatic rings. The van der Waals surface area contributed by atoms with Gasteiger partial charge >= 0.3 is 5.97 Å². The fourth-order valence-corrected chi connectivity index (χ4v) is 2.09. The predicted molar refractivity (Wildman–Crippen MR) is 67.8 cm³/mol. The largest absolute Gasteiger partial charge is 0.477 e. The fourth-order valence-electron chi connectivity index (χ4n) is 1.46. The highest BCUT2D eigenvalue weighted by atomic mass is 35.5. The van der Waals surface area contributed by atoms with E-state index in [0.29, 0.717) is 20.8 Å². The zero-order chi connectivity index (χ0) is 12.6. The second-order valence-electron chi connectivity index (χ2n) is 3.29. The molecule has 2 rings (SSSR count). The number of aromatic nitrogens is 1. The quantitative estimate of drug-likeness (QED) is 0.845. The third kappa shape index (κ3) is 2.27. The van der Waals surface area contributed by atoms with E-state index in [0.717, 1.165) is 0 Å². The lowest BCUT2D eigenvalue weighted by Crippen LogP contribution is -2.06. The summed E-state index contributed by atoms with van der Waals surface area (Å²) < 4.78 is 1.44. The molecule has 6 heteroatoms. The lowest BCUT2D eigenvalue weighted by molar-refractivity contribution is 0.0688. The van der Waals surface area contributed by atoms with Crippen molar-refractivity contribution in [2.45, 2.75) is 0 Å². The molecule has 0 radical (unpaired) electrons. The minimum Gasteiger partial charge on any atom is -0.477 e. The number of halogens is 3. The molecule has 0 saturated carbocycles. The first-order chi connectivity index (χ1) is 8.00. The number of hydrogen-bond acceptors (Lipinski definition) is 1. The maximum atomic E-state index is 11.0. The molecule has 17 heavy (non-hydrogen) atoms. The monoisotopic (exact) mass is 289 g/mol. The molecule has 1 heterocycles. The molecule has 0 saturated heterocycles. The SMILES string of the molecule is O=C(O)c1cccn1-c1cc(Cl)c(Cl)cc1Cl. The molecule has 88 valence electrons. The maximum absolute atomic E-state index is 11.0. The molecule has 0 aliphatic carbocycles. The van der Waals surface area contributed by atoms with Crippen molar-refractivity contribution in [2.24, 2.45) is 0 Å². The summed E-state index contributed by atoms with van der Waals surface area (Å²) in [5, 5.41) is 9.98. The second kappa shape index (κ2) is 4.61. The summed E-state index contributed by atoms with van der Waals surface area (Å²) in [6.45, 7) is 0. The van der Waals surface area contributed by atoms with Gasteiger partial charge in [-0.15, -0.1) is 0 Å². The van der Waals surface area contributed by atoms with Crippen LogP contribution < -0.4 is 0 Å². The molecule has 0 unspecified atom stereocenters. The third-order valence-corrected chi connectivity index (χ3v) is 3.24. The molecule has 0 amide bonds. The molecule has 1 aromatic carbocycles. The van der Waals surface area contributed by atoms with Crippen molar-refractivity contribution in [3.63, 3.8) is 0 Å². The van der Waals surface area contributed by atoms with Crippen molar-refractivity contribution in [1.29, 1.82) is 0 Å². The Hall–Kier alpha value is -1.16. The van der Waals surface area contributed by atoms with Crippen molar-refractivity contribution in [3.05, 3.63) is 51.2 Å². The van der Waals surface area contributed by atoms with Gasteiger partial charge in [-0.1, -0.05) is 34.8 Å². The van der Waals surface area contributed by atoms with Crippen LogP contribution in [0.25, 0.3) is 5.69 Å². The van der Waals surface area contributed by atoms with E-state index in [2.05, 4.69) is 0 Å². The van der Waals surface area contributed by atoms with Crippen LogP contribution in [0.2, 0.25) is 15.1 Å². The van der Waals surface area contributed by atoms with Crippen molar-refractivity contribution in [1.82, 2.24) is 4.57 Å². The average Bonchev–Trinajstić information content (AvgIpc) is 2.72. The average molecular weight is 291 g/mol. The minimum atomic E-state index is -1.04. The number of carboxylic acids is 1. The summed E-state index contributed by atoms with van der Waals surface area (Å²) in [5.41, 5.74) is 0.578. The van der Waals surface area contributed by atoms with Gasteiger partial charge in [-0.25, -0.2) is 4.79 Å². The Labute approximate surface area is 112 Å². The number of carboxylic acid groups (broad SMARTS) is 1. The Morgan fingerprint density at radius 1 is 1.12 bits per heavy atom. The van der Waals surface area contributed by atoms with Crippen LogP contribution in [0.4, 0.5) is 0 Å². The molecular weight excluding hydrogens is 284 g/mol. The number of benzene rings is 1. The van der Waals surface area contributed by atoms with Crippen LogP contribution in [0.3, 0.4) is 0 Å². The van der Waals surface area contributed by atoms with Crippen LogP contribution in [0.1, 0.15) is 10.5 Å². The van der Waals surface area contributed by atoms with Crippen molar-refractivity contribution < 1.29 is 9.90 Å². The van der Waals surface area contributed by atoms with Crippen molar-refractivity contribution >= 4 is 40.8 Å². The van der Waals surface area contributed by atoms with E-state index in [-0.39, 0.29) is 5.69 Å². The summed E-state index contributed by atoms with van der Waals surface area (Å²) in [6, 6.07) is 6.09. The van der Waals surface area contributed by atoms with Gasteiger partial charge in [0, 0.05) is 6.20 Å². The Kier molecular flexibility index (Phi) is 3.33. The summed E-state index contributed by atoms with van der Waals surface area (Å²) in [5.74, 6) is -1.04. The lowest BCUT2D eigenvalue weighted by atomic mass is 10.3. The number of aromatic carboxylic acids is 1. The molecule has 1 N–H and O–H groups in total. The number of rotatable bonds is 2. The zero-order valence-electron chi connectivity index (χ0n) is 8.32. The molecule has 3 nitrogen and oxygen atoms in total. The zero-order valence-corrected chi connectivity index (χ0v) is 10.6. The first-order valence-corrected chi connectivity index (χ1v) is 5.69. The lowest BCUT2D eigenvalue weighted by Gasteiger charge is -2.09. The first kappa shape index (κ1) is 12.3. The topological polar surface area (TPSA) is 42.2 Å². The Bertz CT molecular complexity index is 592. The number of hydrogen-bond donors (Lipinski definition) is 1. The summed E-state index contributed by atoms with van der Waals surface area (Å²) in [6.07, 6.45) is 1.59. The van der Waals surface area contributed by atoms with Gasteiger partial charge < -0.3 is 9.67 Å². The summed E-state index contributed by atoms with van der Waals surface area (Å²) in [7, 11) is 0. The molecule has 1 aromatic heterocycles. The Morgan fingerprint density at radius 3 is 2.41 bits per heavy atom. The van der Waals surface area contributed by atoms with Gasteiger partial charge in [0.1, 0.15) is 5.69 Å². The smallest absolute Gasteiger partial charge is 0.352 e. The predicted octanol–water partition coefficient (Wildman–Crippen LogP) is 4.14. The van der Waals surface area contributed by atoms with Gasteiger partial charge in [0.05, 0.1) is 20.8 Å².